The standard InChI is InChI=1S/C25H25N3O2/c1-28-23(29)16-25(27-24(28)26)15-22(18-10-6-3-7-11-18)30-21-13-12-19(14-20(21)25)17-8-4-2-5-9-17/h2-10,12-14,18,22H,11,15-16H2,1H3,(H2,26,27)/t18-,22?,25+/m1/s1. The van der Waals surface area contributed by atoms with Crippen LogP contribution in [0.5, 0.6) is 5.75 Å². The van der Waals surface area contributed by atoms with Crippen molar-refractivity contribution in [1.29, 1.82) is 0 Å². The van der Waals surface area contributed by atoms with Crippen molar-refractivity contribution >= 4 is 11.9 Å². The van der Waals surface area contributed by atoms with Gasteiger partial charge in [0.15, 0.2) is 5.96 Å². The minimum atomic E-state index is -0.703. The average Bonchev–Trinajstić information content (AvgIpc) is 2.78. The van der Waals surface area contributed by atoms with Gasteiger partial charge in [-0.2, -0.15) is 0 Å². The van der Waals surface area contributed by atoms with E-state index in [-0.39, 0.29) is 23.9 Å². The van der Waals surface area contributed by atoms with E-state index in [0.717, 1.165) is 28.9 Å². The second-order valence-corrected chi connectivity index (χ2v) is 8.28. The lowest BCUT2D eigenvalue weighted by Gasteiger charge is -2.44. The number of carbonyl (C=O) groups excluding carboxylic acids is 1. The normalized spacial score (nSPS) is 27.6. The van der Waals surface area contributed by atoms with Crippen LogP contribution >= 0.6 is 0 Å². The van der Waals surface area contributed by atoms with Gasteiger partial charge in [-0.05, 0) is 29.7 Å². The molecule has 5 heteroatoms. The molecule has 1 amide bonds. The van der Waals surface area contributed by atoms with Crippen LogP contribution < -0.4 is 10.5 Å². The molecule has 0 aromatic heterocycles. The van der Waals surface area contributed by atoms with Gasteiger partial charge in [-0.3, -0.25) is 9.69 Å². The van der Waals surface area contributed by atoms with Crippen LogP contribution in [-0.4, -0.2) is 29.9 Å². The molecule has 2 aromatic rings. The number of hydrogen-bond acceptors (Lipinski definition) is 4. The summed E-state index contributed by atoms with van der Waals surface area (Å²) in [5, 5.41) is 0. The van der Waals surface area contributed by atoms with Gasteiger partial charge in [0.1, 0.15) is 17.4 Å². The molecular weight excluding hydrogens is 374 g/mol. The number of nitrogens with two attached hydrogens (primary N) is 1. The van der Waals surface area contributed by atoms with Crippen LogP contribution in [0.25, 0.3) is 11.1 Å². The van der Waals surface area contributed by atoms with Crippen molar-refractivity contribution in [3.63, 3.8) is 0 Å². The number of allylic oxidation sites excluding steroid dienone is 3. The minimum absolute atomic E-state index is 0.0155. The number of aliphatic imine (C=N–C) groups is 1. The zero-order chi connectivity index (χ0) is 20.7. The lowest BCUT2D eigenvalue weighted by molar-refractivity contribution is -0.129. The van der Waals surface area contributed by atoms with Crippen LogP contribution in [0.15, 0.2) is 77.8 Å². The number of fused-ring (bicyclic) bond motifs is 2. The Morgan fingerprint density at radius 3 is 2.70 bits per heavy atom. The van der Waals surface area contributed by atoms with Crippen LogP contribution in [0.4, 0.5) is 0 Å². The molecule has 152 valence electrons. The molecule has 0 saturated carbocycles. The summed E-state index contributed by atoms with van der Waals surface area (Å²) >= 11 is 0. The van der Waals surface area contributed by atoms with Crippen molar-refractivity contribution in [3.8, 4) is 16.9 Å². The molecule has 5 nitrogen and oxygen atoms in total. The van der Waals surface area contributed by atoms with Crippen LogP contribution in [-0.2, 0) is 10.3 Å². The Balaban J connectivity index is 1.63. The van der Waals surface area contributed by atoms with Gasteiger partial charge in [0.2, 0.25) is 5.91 Å². The van der Waals surface area contributed by atoms with Crippen molar-refractivity contribution in [3.05, 3.63) is 78.4 Å². The van der Waals surface area contributed by atoms with E-state index in [2.05, 4.69) is 48.6 Å². The number of carbonyl (C=O) groups is 1. The number of rotatable bonds is 2. The number of benzene rings is 2. The molecular formula is C25H25N3O2. The van der Waals surface area contributed by atoms with E-state index in [1.807, 2.05) is 24.3 Å². The lowest BCUT2D eigenvalue weighted by atomic mass is 9.74. The van der Waals surface area contributed by atoms with E-state index in [1.54, 1.807) is 7.05 Å². The molecule has 2 aliphatic heterocycles. The van der Waals surface area contributed by atoms with Crippen LogP contribution in [0.1, 0.15) is 24.8 Å². The molecule has 1 unspecified atom stereocenters. The number of nitrogens with zero attached hydrogens (tertiary/aromatic N) is 2. The lowest BCUT2D eigenvalue weighted by Crippen LogP contribution is -2.52. The van der Waals surface area contributed by atoms with E-state index < -0.39 is 5.54 Å². The Labute approximate surface area is 176 Å². The first-order valence-corrected chi connectivity index (χ1v) is 10.4. The summed E-state index contributed by atoms with van der Waals surface area (Å²) in [6.07, 6.45) is 10.2. The van der Waals surface area contributed by atoms with Crippen LogP contribution in [0.2, 0.25) is 0 Å². The predicted octanol–water partition coefficient (Wildman–Crippen LogP) is 4.01. The van der Waals surface area contributed by atoms with Crippen LogP contribution in [0, 0.1) is 5.92 Å². The summed E-state index contributed by atoms with van der Waals surface area (Å²) in [5.74, 6) is 1.29. The van der Waals surface area contributed by atoms with E-state index in [0.29, 0.717) is 12.8 Å². The van der Waals surface area contributed by atoms with Crippen LogP contribution in [0.3, 0.4) is 0 Å². The third kappa shape index (κ3) is 3.11. The summed E-state index contributed by atoms with van der Waals surface area (Å²) in [6.45, 7) is 0. The van der Waals surface area contributed by atoms with Crippen molar-refractivity contribution in [2.24, 2.45) is 16.6 Å². The monoisotopic (exact) mass is 399 g/mol. The molecule has 3 atom stereocenters. The molecule has 1 spiro atoms. The summed E-state index contributed by atoms with van der Waals surface area (Å²) in [7, 11) is 1.68. The fourth-order valence-corrected chi connectivity index (χ4v) is 4.67. The first-order valence-electron chi connectivity index (χ1n) is 10.4. The molecule has 5 rings (SSSR count). The molecule has 0 bridgehead atoms. The molecule has 2 heterocycles. The van der Waals surface area contributed by atoms with E-state index in [9.17, 15) is 4.79 Å². The highest BCUT2D eigenvalue weighted by molar-refractivity contribution is 5.99. The highest BCUT2D eigenvalue weighted by atomic mass is 16.5. The molecule has 2 N–H and O–H groups in total. The molecule has 2 aromatic carbocycles. The molecule has 3 aliphatic rings. The Morgan fingerprint density at radius 1 is 1.13 bits per heavy atom. The van der Waals surface area contributed by atoms with Gasteiger partial charge in [-0.15, -0.1) is 0 Å². The quantitative estimate of drug-likeness (QED) is 0.830. The van der Waals surface area contributed by atoms with Gasteiger partial charge in [0.25, 0.3) is 0 Å². The van der Waals surface area contributed by atoms with Gasteiger partial charge in [-0.1, -0.05) is 60.7 Å². The number of guanidine groups is 1. The maximum atomic E-state index is 12.8. The van der Waals surface area contributed by atoms with Gasteiger partial charge >= 0.3 is 0 Å². The topological polar surface area (TPSA) is 67.9 Å². The Morgan fingerprint density at radius 2 is 1.97 bits per heavy atom. The maximum absolute atomic E-state index is 12.8. The molecule has 0 radical (unpaired) electrons. The Hall–Kier alpha value is -3.34. The SMILES string of the molecule is CN1C(=O)C[C@]2(CC([C@@H]3C=CC=CC3)Oc3ccc(-c4ccccc4)cc32)N=C1N. The van der Waals surface area contributed by atoms with Gasteiger partial charge in [-0.25, -0.2) is 4.99 Å². The predicted molar refractivity (Wildman–Crippen MR) is 118 cm³/mol. The fraction of sp³-hybridized carbons (Fsp3) is 0.280. The first kappa shape index (κ1) is 18.7. The zero-order valence-electron chi connectivity index (χ0n) is 17.0. The third-order valence-corrected chi connectivity index (χ3v) is 6.39. The van der Waals surface area contributed by atoms with E-state index in [4.69, 9.17) is 15.5 Å². The fourth-order valence-electron chi connectivity index (χ4n) is 4.67. The molecule has 0 saturated heterocycles. The third-order valence-electron chi connectivity index (χ3n) is 6.39. The molecule has 1 aliphatic carbocycles. The first-order chi connectivity index (χ1) is 14.6. The summed E-state index contributed by atoms with van der Waals surface area (Å²) in [5.41, 5.74) is 8.63. The number of hydrogen-bond donors (Lipinski definition) is 1. The average molecular weight is 399 g/mol. The van der Waals surface area contributed by atoms with E-state index >= 15 is 0 Å². The highest BCUT2D eigenvalue weighted by Crippen LogP contribution is 2.49. The minimum Gasteiger partial charge on any atom is -0.489 e. The highest BCUT2D eigenvalue weighted by Gasteiger charge is 2.48. The second kappa shape index (κ2) is 7.17. The van der Waals surface area contributed by atoms with Gasteiger partial charge < -0.3 is 10.5 Å². The number of amides is 1. The Bertz CT molecular complexity index is 1070. The van der Waals surface area contributed by atoms with Crippen molar-refractivity contribution in [2.75, 3.05) is 7.05 Å². The van der Waals surface area contributed by atoms with Gasteiger partial charge in [0.05, 0.1) is 6.42 Å². The largest absolute Gasteiger partial charge is 0.489 e. The second-order valence-electron chi connectivity index (χ2n) is 8.28. The molecule has 30 heavy (non-hydrogen) atoms. The molecule has 0 fully saturated rings. The summed E-state index contributed by atoms with van der Waals surface area (Å²) in [4.78, 5) is 19.2. The van der Waals surface area contributed by atoms with Crippen molar-refractivity contribution in [1.82, 2.24) is 4.90 Å². The van der Waals surface area contributed by atoms with E-state index in [1.165, 1.54) is 4.90 Å². The number of ether oxygens (including phenoxy) is 1. The smallest absolute Gasteiger partial charge is 0.231 e. The zero-order valence-corrected chi connectivity index (χ0v) is 17.0. The van der Waals surface area contributed by atoms with Gasteiger partial charge in [0, 0.05) is 24.9 Å². The summed E-state index contributed by atoms with van der Waals surface area (Å²) in [6, 6.07) is 16.4. The summed E-state index contributed by atoms with van der Waals surface area (Å²) < 4.78 is 6.47. The Kier molecular flexibility index (Phi) is 4.46. The maximum Gasteiger partial charge on any atom is 0.231 e. The van der Waals surface area contributed by atoms with Crippen molar-refractivity contribution in [2.45, 2.75) is 30.9 Å². The van der Waals surface area contributed by atoms with Crippen molar-refractivity contribution < 1.29 is 9.53 Å².